The highest BCUT2D eigenvalue weighted by Gasteiger charge is 2.65. The molecule has 2 amide bonds. The Morgan fingerprint density at radius 2 is 1.56 bits per heavy atom. The second-order valence-electron chi connectivity index (χ2n) is 9.57. The number of ether oxygens (including phenoxy) is 1. The number of hydrogen-bond acceptors (Lipinski definition) is 5. The van der Waals surface area contributed by atoms with Crippen LogP contribution in [0.25, 0.3) is 0 Å². The van der Waals surface area contributed by atoms with E-state index >= 15 is 0 Å². The minimum Gasteiger partial charge on any atom is -0.390 e. The van der Waals surface area contributed by atoms with Crippen LogP contribution < -0.4 is 5.32 Å². The molecule has 1 aliphatic carbocycles. The number of aliphatic hydroxyl groups excluding tert-OH is 1. The van der Waals surface area contributed by atoms with Gasteiger partial charge < -0.3 is 15.2 Å². The summed E-state index contributed by atoms with van der Waals surface area (Å²) in [5.74, 6) is -1.17. The number of nitrogens with zero attached hydrogens (tertiary/aromatic N) is 1. The van der Waals surface area contributed by atoms with Crippen LogP contribution >= 0.6 is 0 Å². The molecule has 2 N–H and O–H groups in total. The lowest BCUT2D eigenvalue weighted by Gasteiger charge is -2.28. The normalized spacial score (nSPS) is 33.9. The number of nitrogens with one attached hydrogen (secondary N) is 1. The van der Waals surface area contributed by atoms with Gasteiger partial charge in [-0.25, -0.2) is 0 Å². The summed E-state index contributed by atoms with van der Waals surface area (Å²) in [6.07, 6.45) is 0.410. The molecule has 148 valence electrons. The minimum atomic E-state index is -0.775. The Morgan fingerprint density at radius 1 is 1.07 bits per heavy atom. The SMILES string of the molecule is CC1=C(C)CC2=C(C1)C1OC2C2C(=O)N(CC(O)CNC(C)(C)C)C(=O)C12. The molecule has 3 heterocycles. The van der Waals surface area contributed by atoms with E-state index in [1.54, 1.807) is 0 Å². The predicted molar refractivity (Wildman–Crippen MR) is 101 cm³/mol. The number of likely N-dealkylation sites (tertiary alicyclic amines) is 1. The molecule has 4 aliphatic rings. The third kappa shape index (κ3) is 2.98. The summed E-state index contributed by atoms with van der Waals surface area (Å²) in [5, 5.41) is 13.6. The lowest BCUT2D eigenvalue weighted by atomic mass is 9.71. The van der Waals surface area contributed by atoms with E-state index in [2.05, 4.69) is 19.2 Å². The van der Waals surface area contributed by atoms with Crippen molar-refractivity contribution in [3.05, 3.63) is 22.3 Å². The first-order valence-electron chi connectivity index (χ1n) is 9.89. The van der Waals surface area contributed by atoms with E-state index in [1.807, 2.05) is 20.8 Å². The molecule has 4 rings (SSSR count). The van der Waals surface area contributed by atoms with Crippen LogP contribution in [0.5, 0.6) is 0 Å². The Balaban J connectivity index is 1.49. The molecule has 3 aliphatic heterocycles. The van der Waals surface area contributed by atoms with Crippen LogP contribution in [0.1, 0.15) is 47.5 Å². The number of imide groups is 1. The van der Waals surface area contributed by atoms with Gasteiger partial charge in [0, 0.05) is 12.1 Å². The Hall–Kier alpha value is -1.50. The lowest BCUT2D eigenvalue weighted by Crippen LogP contribution is -2.46. The number of carbonyl (C=O) groups is 2. The molecule has 0 aromatic carbocycles. The van der Waals surface area contributed by atoms with Gasteiger partial charge >= 0.3 is 0 Å². The maximum absolute atomic E-state index is 13.0. The van der Waals surface area contributed by atoms with Gasteiger partial charge in [-0.15, -0.1) is 0 Å². The zero-order chi connectivity index (χ0) is 19.7. The van der Waals surface area contributed by atoms with E-state index in [1.165, 1.54) is 27.2 Å². The average Bonchev–Trinajstić information content (AvgIpc) is 3.19. The second kappa shape index (κ2) is 6.26. The van der Waals surface area contributed by atoms with Crippen molar-refractivity contribution in [2.75, 3.05) is 13.1 Å². The van der Waals surface area contributed by atoms with Crippen LogP contribution in [-0.4, -0.2) is 58.8 Å². The van der Waals surface area contributed by atoms with E-state index in [-0.39, 0.29) is 36.1 Å². The quantitative estimate of drug-likeness (QED) is 0.577. The number of hydrogen-bond donors (Lipinski definition) is 2. The number of rotatable bonds is 4. The standard InChI is InChI=1S/C21H30N2O4/c1-10-6-13-14(7-11(10)2)18-16-15(17(13)27-18)19(25)23(20(16)26)9-12(24)8-22-21(3,4)5/h12,15-18,22,24H,6-9H2,1-5H3. The summed E-state index contributed by atoms with van der Waals surface area (Å²) < 4.78 is 6.13. The van der Waals surface area contributed by atoms with E-state index in [9.17, 15) is 14.7 Å². The fraction of sp³-hybridized carbons (Fsp3) is 0.714. The summed E-state index contributed by atoms with van der Waals surface area (Å²) in [6.45, 7) is 10.7. The molecule has 0 saturated carbocycles. The van der Waals surface area contributed by atoms with Gasteiger partial charge in [0.1, 0.15) is 0 Å². The molecule has 27 heavy (non-hydrogen) atoms. The molecule has 0 spiro atoms. The van der Waals surface area contributed by atoms with Gasteiger partial charge in [-0.3, -0.25) is 14.5 Å². The zero-order valence-corrected chi connectivity index (χ0v) is 16.8. The highest BCUT2D eigenvalue weighted by molar-refractivity contribution is 6.07. The van der Waals surface area contributed by atoms with Crippen LogP contribution in [0.15, 0.2) is 22.3 Å². The summed E-state index contributed by atoms with van der Waals surface area (Å²) in [6, 6.07) is 0. The van der Waals surface area contributed by atoms with Crippen molar-refractivity contribution in [1.82, 2.24) is 10.2 Å². The van der Waals surface area contributed by atoms with Gasteiger partial charge in [-0.05, 0) is 58.6 Å². The van der Waals surface area contributed by atoms with E-state index < -0.39 is 17.9 Å². The average molecular weight is 374 g/mol. The zero-order valence-electron chi connectivity index (χ0n) is 16.8. The Morgan fingerprint density at radius 3 is 2.00 bits per heavy atom. The second-order valence-corrected chi connectivity index (χ2v) is 9.57. The topological polar surface area (TPSA) is 78.9 Å². The van der Waals surface area contributed by atoms with Crippen molar-refractivity contribution in [3.8, 4) is 0 Å². The molecule has 5 atom stereocenters. The minimum absolute atomic E-state index is 0.0498. The Kier molecular flexibility index (Phi) is 4.37. The molecule has 0 radical (unpaired) electrons. The van der Waals surface area contributed by atoms with Crippen molar-refractivity contribution < 1.29 is 19.4 Å². The highest BCUT2D eigenvalue weighted by Crippen LogP contribution is 2.55. The largest absolute Gasteiger partial charge is 0.390 e. The van der Waals surface area contributed by atoms with Crippen LogP contribution in [0.2, 0.25) is 0 Å². The molecular weight excluding hydrogens is 344 g/mol. The number of aliphatic hydroxyl groups is 1. The van der Waals surface area contributed by atoms with Gasteiger partial charge in [0.25, 0.3) is 0 Å². The van der Waals surface area contributed by atoms with Gasteiger partial charge in [0.15, 0.2) is 0 Å². The van der Waals surface area contributed by atoms with Gasteiger partial charge in [0.05, 0.1) is 36.7 Å². The number of β-amino-alcohol motifs (C(OH)–C–C–N with tert-alkyl or cyclic N) is 1. The number of fused-ring (bicyclic) bond motifs is 7. The molecule has 2 bridgehead atoms. The smallest absolute Gasteiger partial charge is 0.236 e. The molecular formula is C21H30N2O4. The summed E-state index contributed by atoms with van der Waals surface area (Å²) in [4.78, 5) is 27.3. The van der Waals surface area contributed by atoms with E-state index in [0.29, 0.717) is 6.54 Å². The molecule has 2 fully saturated rings. The van der Waals surface area contributed by atoms with Crippen LogP contribution in [0.3, 0.4) is 0 Å². The molecule has 5 unspecified atom stereocenters. The van der Waals surface area contributed by atoms with Gasteiger partial charge in [0.2, 0.25) is 11.8 Å². The first kappa shape index (κ1) is 18.8. The van der Waals surface area contributed by atoms with E-state index in [4.69, 9.17) is 4.74 Å². The first-order chi connectivity index (χ1) is 12.6. The fourth-order valence-corrected chi connectivity index (χ4v) is 4.88. The summed E-state index contributed by atoms with van der Waals surface area (Å²) in [5.41, 5.74) is 5.01. The third-order valence-electron chi connectivity index (χ3n) is 6.44. The Labute approximate surface area is 160 Å². The molecule has 6 nitrogen and oxygen atoms in total. The Bertz CT molecular complexity index is 713. The van der Waals surface area contributed by atoms with Crippen molar-refractivity contribution in [1.29, 1.82) is 0 Å². The van der Waals surface area contributed by atoms with Crippen molar-refractivity contribution in [2.24, 2.45) is 11.8 Å². The number of allylic oxidation sites excluding steroid dienone is 2. The molecule has 6 heteroatoms. The van der Waals surface area contributed by atoms with E-state index in [0.717, 1.165) is 12.8 Å². The molecule has 0 aromatic rings. The van der Waals surface area contributed by atoms with Crippen molar-refractivity contribution in [3.63, 3.8) is 0 Å². The van der Waals surface area contributed by atoms with Crippen LogP contribution in [-0.2, 0) is 14.3 Å². The molecule has 0 aromatic heterocycles. The molecule has 2 saturated heterocycles. The number of carbonyl (C=O) groups excluding carboxylic acids is 2. The van der Waals surface area contributed by atoms with Crippen LogP contribution in [0.4, 0.5) is 0 Å². The maximum atomic E-state index is 13.0. The van der Waals surface area contributed by atoms with Crippen LogP contribution in [0, 0.1) is 11.8 Å². The maximum Gasteiger partial charge on any atom is 0.236 e. The van der Waals surface area contributed by atoms with Gasteiger partial charge in [-0.1, -0.05) is 11.1 Å². The lowest BCUT2D eigenvalue weighted by molar-refractivity contribution is -0.144. The highest BCUT2D eigenvalue weighted by atomic mass is 16.5. The monoisotopic (exact) mass is 374 g/mol. The first-order valence-corrected chi connectivity index (χ1v) is 9.89. The summed E-state index contributed by atoms with van der Waals surface area (Å²) in [7, 11) is 0. The van der Waals surface area contributed by atoms with Gasteiger partial charge in [-0.2, -0.15) is 0 Å². The predicted octanol–water partition coefficient (Wildman–Crippen LogP) is 1.54. The number of amides is 2. The van der Waals surface area contributed by atoms with Crippen molar-refractivity contribution >= 4 is 11.8 Å². The summed E-state index contributed by atoms with van der Waals surface area (Å²) >= 11 is 0. The van der Waals surface area contributed by atoms with Crippen molar-refractivity contribution in [2.45, 2.75) is 71.3 Å². The fourth-order valence-electron chi connectivity index (χ4n) is 4.88. The third-order valence-corrected chi connectivity index (χ3v) is 6.44.